The minimum Gasteiger partial charge on any atom is -0.447 e. The first-order chi connectivity index (χ1) is 11.4. The van der Waals surface area contributed by atoms with Crippen LogP contribution in [0.4, 0.5) is 4.79 Å². The third kappa shape index (κ3) is 2.56. The second-order valence-corrected chi connectivity index (χ2v) is 6.76. The Bertz CT molecular complexity index is 669. The molecule has 2 aliphatic rings. The van der Waals surface area contributed by atoms with Gasteiger partial charge in [0.1, 0.15) is 13.2 Å². The second-order valence-electron chi connectivity index (χ2n) is 6.76. The summed E-state index contributed by atoms with van der Waals surface area (Å²) >= 11 is 0. The lowest BCUT2D eigenvalue weighted by Gasteiger charge is -2.44. The summed E-state index contributed by atoms with van der Waals surface area (Å²) in [5.74, 6) is 0.0510. The number of aromatic nitrogens is 2. The van der Waals surface area contributed by atoms with Gasteiger partial charge in [-0.25, -0.2) is 4.79 Å². The van der Waals surface area contributed by atoms with Crippen molar-refractivity contribution in [2.24, 2.45) is 0 Å². The summed E-state index contributed by atoms with van der Waals surface area (Å²) in [5, 5.41) is 4.51. The summed E-state index contributed by atoms with van der Waals surface area (Å²) in [6, 6.07) is 0. The molecule has 1 aromatic heterocycles. The fourth-order valence-electron chi connectivity index (χ4n) is 3.91. The fraction of sp³-hybridized carbons (Fsp3) is 0.706. The van der Waals surface area contributed by atoms with E-state index in [1.54, 1.807) is 9.58 Å². The topological polar surface area (TPSA) is 67.7 Å². The summed E-state index contributed by atoms with van der Waals surface area (Å²) in [7, 11) is 0. The molecule has 1 aromatic rings. The molecular weight excluding hydrogens is 308 g/mol. The van der Waals surface area contributed by atoms with Crippen LogP contribution in [-0.4, -0.2) is 63.4 Å². The van der Waals surface area contributed by atoms with Crippen LogP contribution in [-0.2, 0) is 22.5 Å². The van der Waals surface area contributed by atoms with Crippen LogP contribution in [0.25, 0.3) is 0 Å². The molecule has 132 valence electrons. The van der Waals surface area contributed by atoms with Gasteiger partial charge in [0.15, 0.2) is 0 Å². The smallest absolute Gasteiger partial charge is 0.410 e. The number of nitrogens with zero attached hydrogens (tertiary/aromatic N) is 4. The first-order valence-corrected chi connectivity index (χ1v) is 8.67. The van der Waals surface area contributed by atoms with Gasteiger partial charge in [0.25, 0.3) is 0 Å². The van der Waals surface area contributed by atoms with E-state index in [0.29, 0.717) is 26.2 Å². The van der Waals surface area contributed by atoms with E-state index in [9.17, 15) is 9.59 Å². The average Bonchev–Trinajstić information content (AvgIpc) is 3.04. The van der Waals surface area contributed by atoms with Gasteiger partial charge in [0, 0.05) is 25.3 Å². The molecule has 24 heavy (non-hydrogen) atoms. The van der Waals surface area contributed by atoms with Gasteiger partial charge in [-0.1, -0.05) is 13.8 Å². The Morgan fingerprint density at radius 2 is 2.04 bits per heavy atom. The van der Waals surface area contributed by atoms with Crippen LogP contribution in [0, 0.1) is 13.8 Å². The molecule has 2 aliphatic heterocycles. The molecular formula is C17H26N4O3. The highest BCUT2D eigenvalue weighted by molar-refractivity contribution is 5.77. The number of amides is 2. The van der Waals surface area contributed by atoms with Crippen molar-refractivity contribution in [3.05, 3.63) is 17.0 Å². The van der Waals surface area contributed by atoms with E-state index in [-0.39, 0.29) is 24.1 Å². The molecule has 2 fully saturated rings. The molecule has 0 aromatic carbocycles. The lowest BCUT2D eigenvalue weighted by molar-refractivity contribution is -0.136. The molecule has 1 unspecified atom stereocenters. The highest BCUT2D eigenvalue weighted by atomic mass is 16.6. The van der Waals surface area contributed by atoms with Crippen LogP contribution in [0.15, 0.2) is 0 Å². The minimum absolute atomic E-state index is 0.0510. The van der Waals surface area contributed by atoms with Gasteiger partial charge in [-0.3, -0.25) is 14.4 Å². The zero-order valence-electron chi connectivity index (χ0n) is 15.0. The van der Waals surface area contributed by atoms with Crippen molar-refractivity contribution in [3.8, 4) is 0 Å². The van der Waals surface area contributed by atoms with Gasteiger partial charge in [0.05, 0.1) is 11.2 Å². The van der Waals surface area contributed by atoms with Crippen molar-refractivity contribution in [1.82, 2.24) is 19.6 Å². The van der Waals surface area contributed by atoms with Gasteiger partial charge in [-0.2, -0.15) is 5.10 Å². The van der Waals surface area contributed by atoms with E-state index >= 15 is 0 Å². The van der Waals surface area contributed by atoms with Gasteiger partial charge in [-0.15, -0.1) is 0 Å². The molecule has 0 radical (unpaired) electrons. The van der Waals surface area contributed by atoms with Crippen LogP contribution in [0.2, 0.25) is 0 Å². The van der Waals surface area contributed by atoms with E-state index in [1.807, 2.05) is 25.7 Å². The van der Waals surface area contributed by atoms with E-state index in [2.05, 4.69) is 12.0 Å². The average molecular weight is 334 g/mol. The number of rotatable bonds is 4. The monoisotopic (exact) mass is 334 g/mol. The van der Waals surface area contributed by atoms with Gasteiger partial charge in [-0.05, 0) is 32.3 Å². The number of piperazine rings is 1. The maximum absolute atomic E-state index is 12.8. The molecule has 2 amide bonds. The zero-order chi connectivity index (χ0) is 17.5. The Labute approximate surface area is 142 Å². The third-order valence-corrected chi connectivity index (χ3v) is 5.52. The highest BCUT2D eigenvalue weighted by Gasteiger charge is 2.50. The predicted octanol–water partition coefficient (Wildman–Crippen LogP) is 1.51. The molecule has 0 saturated carbocycles. The third-order valence-electron chi connectivity index (χ3n) is 5.52. The van der Waals surface area contributed by atoms with Gasteiger partial charge >= 0.3 is 6.09 Å². The Kier molecular flexibility index (Phi) is 4.27. The maximum Gasteiger partial charge on any atom is 0.410 e. The van der Waals surface area contributed by atoms with Gasteiger partial charge < -0.3 is 9.64 Å². The molecule has 7 heteroatoms. The molecule has 3 heterocycles. The standard InChI is InChI=1S/C17H26N4O3/c1-5-14-12(3)18-21(13(14)4)9-15(22)19-7-8-20-16(23)24-11-17(20,6-2)10-19/h5-11H2,1-4H3. The normalized spacial score (nSPS) is 23.4. The van der Waals surface area contributed by atoms with Crippen molar-refractivity contribution in [2.75, 3.05) is 26.2 Å². The minimum atomic E-state index is -0.366. The summed E-state index contributed by atoms with van der Waals surface area (Å²) in [4.78, 5) is 28.3. The first-order valence-electron chi connectivity index (χ1n) is 8.67. The molecule has 0 N–H and O–H groups in total. The van der Waals surface area contributed by atoms with E-state index in [0.717, 1.165) is 24.2 Å². The highest BCUT2D eigenvalue weighted by Crippen LogP contribution is 2.31. The lowest BCUT2D eigenvalue weighted by Crippen LogP contribution is -2.62. The van der Waals surface area contributed by atoms with Crippen molar-refractivity contribution < 1.29 is 14.3 Å². The number of aryl methyl sites for hydroxylation is 1. The van der Waals surface area contributed by atoms with Crippen LogP contribution < -0.4 is 0 Å². The quantitative estimate of drug-likeness (QED) is 0.837. The number of carbonyl (C=O) groups is 2. The number of ether oxygens (including phenoxy) is 1. The molecule has 0 spiro atoms. The summed E-state index contributed by atoms with van der Waals surface area (Å²) in [6.07, 6.45) is 1.45. The Balaban J connectivity index is 1.74. The number of hydrogen-bond donors (Lipinski definition) is 0. The Morgan fingerprint density at radius 3 is 2.67 bits per heavy atom. The lowest BCUT2D eigenvalue weighted by atomic mass is 9.93. The first kappa shape index (κ1) is 16.8. The van der Waals surface area contributed by atoms with Gasteiger partial charge in [0.2, 0.25) is 5.91 Å². The largest absolute Gasteiger partial charge is 0.447 e. The van der Waals surface area contributed by atoms with Crippen LogP contribution in [0.5, 0.6) is 0 Å². The molecule has 7 nitrogen and oxygen atoms in total. The van der Waals surface area contributed by atoms with Crippen molar-refractivity contribution >= 4 is 12.0 Å². The SMILES string of the molecule is CCc1c(C)nn(CC(=O)N2CCN3C(=O)OCC3(CC)C2)c1C. The number of carbonyl (C=O) groups excluding carboxylic acids is 2. The van der Waals surface area contributed by atoms with Crippen molar-refractivity contribution in [2.45, 2.75) is 52.6 Å². The second kappa shape index (κ2) is 6.11. The Hall–Kier alpha value is -2.05. The summed E-state index contributed by atoms with van der Waals surface area (Å²) in [6.45, 7) is 10.4. The zero-order valence-corrected chi connectivity index (χ0v) is 15.0. The van der Waals surface area contributed by atoms with Crippen molar-refractivity contribution in [1.29, 1.82) is 0 Å². The molecule has 1 atom stereocenters. The molecule has 2 saturated heterocycles. The fourth-order valence-corrected chi connectivity index (χ4v) is 3.91. The number of fused-ring (bicyclic) bond motifs is 1. The molecule has 0 aliphatic carbocycles. The van der Waals surface area contributed by atoms with Crippen LogP contribution in [0.3, 0.4) is 0 Å². The van der Waals surface area contributed by atoms with E-state index < -0.39 is 0 Å². The predicted molar refractivity (Wildman–Crippen MR) is 88.7 cm³/mol. The van der Waals surface area contributed by atoms with E-state index in [4.69, 9.17) is 4.74 Å². The maximum atomic E-state index is 12.8. The molecule has 0 bridgehead atoms. The molecule has 3 rings (SSSR count). The summed E-state index contributed by atoms with van der Waals surface area (Å²) in [5.41, 5.74) is 2.90. The Morgan fingerprint density at radius 1 is 1.29 bits per heavy atom. The number of cyclic esters (lactones) is 1. The summed E-state index contributed by atoms with van der Waals surface area (Å²) < 4.78 is 7.03. The van der Waals surface area contributed by atoms with Crippen LogP contribution >= 0.6 is 0 Å². The van der Waals surface area contributed by atoms with Crippen LogP contribution in [0.1, 0.15) is 37.2 Å². The van der Waals surface area contributed by atoms with Crippen molar-refractivity contribution in [3.63, 3.8) is 0 Å². The number of hydrogen-bond acceptors (Lipinski definition) is 4. The van der Waals surface area contributed by atoms with E-state index in [1.165, 1.54) is 5.56 Å².